The van der Waals surface area contributed by atoms with Gasteiger partial charge >= 0.3 is 0 Å². The van der Waals surface area contributed by atoms with Gasteiger partial charge in [-0.3, -0.25) is 4.90 Å². The second kappa shape index (κ2) is 6.85. The standard InChI is InChI=1S/C15H26N4/c1-4-16-14-10-12(2)17-15(18-14)11-19-9-7-5-6-8-13(19)3/h10,13H,4-9,11H2,1-3H3,(H,16,17,18). The summed E-state index contributed by atoms with van der Waals surface area (Å²) in [6, 6.07) is 2.66. The van der Waals surface area contributed by atoms with Crippen LogP contribution in [0.15, 0.2) is 6.07 Å². The summed E-state index contributed by atoms with van der Waals surface area (Å²) in [5.74, 6) is 1.90. The first-order valence-corrected chi connectivity index (χ1v) is 7.51. The molecule has 1 unspecified atom stereocenters. The minimum atomic E-state index is 0.647. The zero-order chi connectivity index (χ0) is 13.7. The fourth-order valence-electron chi connectivity index (χ4n) is 2.72. The van der Waals surface area contributed by atoms with E-state index in [1.807, 2.05) is 13.0 Å². The summed E-state index contributed by atoms with van der Waals surface area (Å²) in [5.41, 5.74) is 1.04. The van der Waals surface area contributed by atoms with Gasteiger partial charge in [0.05, 0.1) is 6.54 Å². The molecular formula is C15H26N4. The van der Waals surface area contributed by atoms with Crippen molar-refractivity contribution in [2.75, 3.05) is 18.4 Å². The molecule has 0 spiro atoms. The van der Waals surface area contributed by atoms with Crippen LogP contribution in [0.3, 0.4) is 0 Å². The van der Waals surface area contributed by atoms with Crippen LogP contribution in [0, 0.1) is 6.92 Å². The Balaban J connectivity index is 2.08. The van der Waals surface area contributed by atoms with Crippen LogP contribution in [0.1, 0.15) is 51.0 Å². The molecule has 4 heteroatoms. The van der Waals surface area contributed by atoms with Crippen LogP contribution in [0.2, 0.25) is 0 Å². The molecule has 1 atom stereocenters. The van der Waals surface area contributed by atoms with E-state index >= 15 is 0 Å². The number of anilines is 1. The first-order valence-electron chi connectivity index (χ1n) is 7.51. The van der Waals surface area contributed by atoms with E-state index in [0.29, 0.717) is 6.04 Å². The van der Waals surface area contributed by atoms with E-state index in [-0.39, 0.29) is 0 Å². The summed E-state index contributed by atoms with van der Waals surface area (Å²) in [5, 5.41) is 3.28. The number of hydrogen-bond acceptors (Lipinski definition) is 4. The molecule has 2 heterocycles. The summed E-state index contributed by atoms with van der Waals surface area (Å²) >= 11 is 0. The summed E-state index contributed by atoms with van der Waals surface area (Å²) < 4.78 is 0. The third-order valence-corrected chi connectivity index (χ3v) is 3.79. The van der Waals surface area contributed by atoms with Gasteiger partial charge in [-0.1, -0.05) is 12.8 Å². The van der Waals surface area contributed by atoms with E-state index < -0.39 is 0 Å². The molecule has 106 valence electrons. The molecule has 0 aliphatic carbocycles. The SMILES string of the molecule is CCNc1cc(C)nc(CN2CCCCCC2C)n1. The number of nitrogens with one attached hydrogen (secondary N) is 1. The van der Waals surface area contributed by atoms with Gasteiger partial charge in [-0.05, 0) is 40.2 Å². The summed E-state index contributed by atoms with van der Waals surface area (Å²) in [7, 11) is 0. The Bertz CT molecular complexity index is 405. The number of likely N-dealkylation sites (tertiary alicyclic amines) is 1. The Labute approximate surface area is 116 Å². The number of aromatic nitrogens is 2. The molecule has 1 aromatic rings. The van der Waals surface area contributed by atoms with Crippen molar-refractivity contribution in [3.8, 4) is 0 Å². The molecule has 1 saturated heterocycles. The second-order valence-electron chi connectivity index (χ2n) is 5.51. The van der Waals surface area contributed by atoms with Crippen LogP contribution in [-0.4, -0.2) is 34.0 Å². The van der Waals surface area contributed by atoms with E-state index in [2.05, 4.69) is 34.0 Å². The Morgan fingerprint density at radius 3 is 2.95 bits per heavy atom. The molecule has 1 fully saturated rings. The number of rotatable bonds is 4. The van der Waals surface area contributed by atoms with Crippen LogP contribution in [0.4, 0.5) is 5.82 Å². The van der Waals surface area contributed by atoms with Crippen molar-refractivity contribution < 1.29 is 0 Å². The molecule has 1 aliphatic rings. The topological polar surface area (TPSA) is 41.1 Å². The van der Waals surface area contributed by atoms with Crippen molar-refractivity contribution in [2.24, 2.45) is 0 Å². The zero-order valence-corrected chi connectivity index (χ0v) is 12.4. The Morgan fingerprint density at radius 2 is 2.16 bits per heavy atom. The highest BCUT2D eigenvalue weighted by atomic mass is 15.2. The lowest BCUT2D eigenvalue weighted by atomic mass is 10.1. The van der Waals surface area contributed by atoms with Gasteiger partial charge in [0.2, 0.25) is 0 Å². The molecule has 0 bridgehead atoms. The highest BCUT2D eigenvalue weighted by Gasteiger charge is 2.18. The lowest BCUT2D eigenvalue weighted by molar-refractivity contribution is 0.200. The maximum atomic E-state index is 4.62. The molecule has 0 aromatic carbocycles. The van der Waals surface area contributed by atoms with E-state index in [9.17, 15) is 0 Å². The summed E-state index contributed by atoms with van der Waals surface area (Å²) in [6.45, 7) is 9.41. The van der Waals surface area contributed by atoms with E-state index in [1.54, 1.807) is 0 Å². The molecule has 4 nitrogen and oxygen atoms in total. The van der Waals surface area contributed by atoms with Gasteiger partial charge in [0.1, 0.15) is 11.6 Å². The lowest BCUT2D eigenvalue weighted by Gasteiger charge is -2.26. The average Bonchev–Trinajstić information content (AvgIpc) is 2.55. The molecule has 2 rings (SSSR count). The van der Waals surface area contributed by atoms with Crippen molar-refractivity contribution in [1.29, 1.82) is 0 Å². The number of hydrogen-bond donors (Lipinski definition) is 1. The van der Waals surface area contributed by atoms with Crippen LogP contribution < -0.4 is 5.32 Å². The number of nitrogens with zero attached hydrogens (tertiary/aromatic N) is 3. The van der Waals surface area contributed by atoms with Crippen LogP contribution in [-0.2, 0) is 6.54 Å². The van der Waals surface area contributed by atoms with Crippen molar-refractivity contribution >= 4 is 5.82 Å². The largest absolute Gasteiger partial charge is 0.370 e. The Hall–Kier alpha value is -1.16. The minimum absolute atomic E-state index is 0.647. The van der Waals surface area contributed by atoms with Crippen molar-refractivity contribution in [3.63, 3.8) is 0 Å². The highest BCUT2D eigenvalue weighted by Crippen LogP contribution is 2.18. The maximum Gasteiger partial charge on any atom is 0.144 e. The van der Waals surface area contributed by atoms with Gasteiger partial charge in [0, 0.05) is 24.3 Å². The summed E-state index contributed by atoms with van der Waals surface area (Å²) in [4.78, 5) is 11.7. The molecule has 19 heavy (non-hydrogen) atoms. The lowest BCUT2D eigenvalue weighted by Crippen LogP contribution is -2.32. The molecule has 0 saturated carbocycles. The smallest absolute Gasteiger partial charge is 0.144 e. The second-order valence-corrected chi connectivity index (χ2v) is 5.51. The third-order valence-electron chi connectivity index (χ3n) is 3.79. The van der Waals surface area contributed by atoms with Gasteiger partial charge in [0.25, 0.3) is 0 Å². The molecule has 1 aliphatic heterocycles. The normalized spacial score (nSPS) is 21.1. The molecular weight excluding hydrogens is 236 g/mol. The van der Waals surface area contributed by atoms with E-state index in [0.717, 1.165) is 30.4 Å². The molecule has 0 amide bonds. The average molecular weight is 262 g/mol. The fraction of sp³-hybridized carbons (Fsp3) is 0.733. The quantitative estimate of drug-likeness (QED) is 0.905. The van der Waals surface area contributed by atoms with Crippen molar-refractivity contribution in [2.45, 2.75) is 59.0 Å². The summed E-state index contributed by atoms with van der Waals surface area (Å²) in [6.07, 6.45) is 5.31. The van der Waals surface area contributed by atoms with Gasteiger partial charge in [-0.2, -0.15) is 0 Å². The fourth-order valence-corrected chi connectivity index (χ4v) is 2.72. The third kappa shape index (κ3) is 4.16. The first-order chi connectivity index (χ1) is 9.19. The van der Waals surface area contributed by atoms with Crippen molar-refractivity contribution in [1.82, 2.24) is 14.9 Å². The molecule has 1 N–H and O–H groups in total. The predicted molar refractivity (Wildman–Crippen MR) is 79.3 cm³/mol. The Morgan fingerprint density at radius 1 is 1.32 bits per heavy atom. The van der Waals surface area contributed by atoms with Gasteiger partial charge in [0.15, 0.2) is 0 Å². The first kappa shape index (κ1) is 14.3. The molecule has 1 aromatic heterocycles. The van der Waals surface area contributed by atoms with Gasteiger partial charge in [-0.15, -0.1) is 0 Å². The number of aryl methyl sites for hydroxylation is 1. The van der Waals surface area contributed by atoms with Crippen LogP contribution in [0.5, 0.6) is 0 Å². The Kier molecular flexibility index (Phi) is 5.14. The monoisotopic (exact) mass is 262 g/mol. The van der Waals surface area contributed by atoms with Gasteiger partial charge in [-0.25, -0.2) is 9.97 Å². The zero-order valence-electron chi connectivity index (χ0n) is 12.4. The highest BCUT2D eigenvalue weighted by molar-refractivity contribution is 5.35. The van der Waals surface area contributed by atoms with E-state index in [1.165, 1.54) is 32.2 Å². The van der Waals surface area contributed by atoms with Crippen molar-refractivity contribution in [3.05, 3.63) is 17.6 Å². The van der Waals surface area contributed by atoms with Crippen LogP contribution in [0.25, 0.3) is 0 Å². The minimum Gasteiger partial charge on any atom is -0.370 e. The molecule has 0 radical (unpaired) electrons. The van der Waals surface area contributed by atoms with Crippen LogP contribution >= 0.6 is 0 Å². The van der Waals surface area contributed by atoms with Gasteiger partial charge < -0.3 is 5.32 Å². The predicted octanol–water partition coefficient (Wildman–Crippen LogP) is 2.98. The maximum absolute atomic E-state index is 4.62. The van der Waals surface area contributed by atoms with E-state index in [4.69, 9.17) is 0 Å².